The van der Waals surface area contributed by atoms with Gasteiger partial charge in [0.05, 0.1) is 12.2 Å². The number of hydrogen-bond acceptors (Lipinski definition) is 3. The minimum atomic E-state index is 0.0493. The lowest BCUT2D eigenvalue weighted by Crippen LogP contribution is -2.45. The second-order valence-corrected chi connectivity index (χ2v) is 5.70. The van der Waals surface area contributed by atoms with Gasteiger partial charge in [-0.1, -0.05) is 20.3 Å². The summed E-state index contributed by atoms with van der Waals surface area (Å²) in [5.41, 5.74) is 0. The molecule has 4 heteroatoms. The quantitative estimate of drug-likeness (QED) is 0.805. The van der Waals surface area contributed by atoms with Gasteiger partial charge in [0.15, 0.2) is 0 Å². The van der Waals surface area contributed by atoms with Crippen molar-refractivity contribution in [3.8, 4) is 0 Å². The Balaban J connectivity index is 2.00. The monoisotopic (exact) mass is 253 g/mol. The highest BCUT2D eigenvalue weighted by molar-refractivity contribution is 5.84. The van der Waals surface area contributed by atoms with Gasteiger partial charge in [-0.2, -0.15) is 0 Å². The molecule has 0 spiro atoms. The summed E-state index contributed by atoms with van der Waals surface area (Å²) in [5, 5.41) is 3.49. The Labute approximate surface area is 111 Å². The second-order valence-electron chi connectivity index (χ2n) is 5.70. The fraction of sp³-hybridized carbons (Fsp3) is 0.929. The summed E-state index contributed by atoms with van der Waals surface area (Å²) in [6, 6.07) is 0.610. The van der Waals surface area contributed by atoms with E-state index in [1.165, 1.54) is 19.4 Å². The van der Waals surface area contributed by atoms with Crippen LogP contribution in [0.2, 0.25) is 0 Å². The zero-order valence-electron chi connectivity index (χ0n) is 12.0. The van der Waals surface area contributed by atoms with E-state index in [1.54, 1.807) is 0 Å². The number of likely N-dealkylation sites (N-methyl/N-ethyl adjacent to an activating group) is 1. The maximum atomic E-state index is 12.4. The number of nitrogens with zero attached hydrogens (tertiary/aromatic N) is 2. The van der Waals surface area contributed by atoms with Crippen molar-refractivity contribution >= 4 is 5.91 Å². The van der Waals surface area contributed by atoms with Crippen LogP contribution in [0.25, 0.3) is 0 Å². The topological polar surface area (TPSA) is 35.6 Å². The zero-order valence-corrected chi connectivity index (χ0v) is 12.0. The molecule has 2 saturated heterocycles. The van der Waals surface area contributed by atoms with Gasteiger partial charge in [-0.15, -0.1) is 0 Å². The number of hydrogen-bond donors (Lipinski definition) is 1. The highest BCUT2D eigenvalue weighted by Gasteiger charge is 2.39. The summed E-state index contributed by atoms with van der Waals surface area (Å²) in [6.07, 6.45) is 5.86. The molecule has 4 nitrogen and oxygen atoms in total. The first-order chi connectivity index (χ1) is 8.67. The van der Waals surface area contributed by atoms with Crippen LogP contribution in [0.3, 0.4) is 0 Å². The zero-order chi connectivity index (χ0) is 13.1. The Morgan fingerprint density at radius 2 is 2.17 bits per heavy atom. The van der Waals surface area contributed by atoms with Crippen LogP contribution < -0.4 is 5.32 Å². The molecular weight excluding hydrogens is 226 g/mol. The summed E-state index contributed by atoms with van der Waals surface area (Å²) < 4.78 is 0. The van der Waals surface area contributed by atoms with Crippen LogP contribution in [0.15, 0.2) is 0 Å². The molecule has 0 aromatic carbocycles. The third-order valence-corrected chi connectivity index (χ3v) is 4.40. The Kier molecular flexibility index (Phi) is 4.62. The molecule has 0 aromatic heterocycles. The molecule has 0 bridgehead atoms. The van der Waals surface area contributed by atoms with E-state index in [-0.39, 0.29) is 12.2 Å². The van der Waals surface area contributed by atoms with Crippen molar-refractivity contribution in [2.45, 2.75) is 64.2 Å². The molecule has 2 rings (SSSR count). The first kappa shape index (κ1) is 13.8. The molecule has 0 aromatic rings. The normalized spacial score (nSPS) is 33.6. The van der Waals surface area contributed by atoms with Crippen molar-refractivity contribution < 1.29 is 4.79 Å². The number of likely N-dealkylation sites (tertiary alicyclic amines) is 1. The van der Waals surface area contributed by atoms with E-state index in [1.807, 2.05) is 0 Å². The summed E-state index contributed by atoms with van der Waals surface area (Å²) in [7, 11) is 2.18. The summed E-state index contributed by atoms with van der Waals surface area (Å²) in [6.45, 7) is 6.36. The van der Waals surface area contributed by atoms with Gasteiger partial charge in [-0.05, 0) is 39.3 Å². The van der Waals surface area contributed by atoms with E-state index in [0.29, 0.717) is 11.9 Å². The average molecular weight is 253 g/mol. The minimum Gasteiger partial charge on any atom is -0.324 e. The first-order valence-electron chi connectivity index (χ1n) is 7.44. The third-order valence-electron chi connectivity index (χ3n) is 4.40. The van der Waals surface area contributed by atoms with Crippen molar-refractivity contribution in [1.82, 2.24) is 15.1 Å². The van der Waals surface area contributed by atoms with Crippen LogP contribution in [0.5, 0.6) is 0 Å². The van der Waals surface area contributed by atoms with Gasteiger partial charge < -0.3 is 9.80 Å². The standard InChI is InChI=1S/C14H27N3O/c1-4-7-13-15-12(5-2)14(18)17(13)10-11-8-6-9-16(11)3/h11-13,15H,4-10H2,1-3H3. The summed E-state index contributed by atoms with van der Waals surface area (Å²) >= 11 is 0. The lowest BCUT2D eigenvalue weighted by molar-refractivity contribution is -0.130. The van der Waals surface area contributed by atoms with E-state index in [2.05, 4.69) is 36.0 Å². The average Bonchev–Trinajstić information content (AvgIpc) is 2.88. The van der Waals surface area contributed by atoms with Crippen LogP contribution >= 0.6 is 0 Å². The predicted octanol–water partition coefficient (Wildman–Crippen LogP) is 1.42. The highest BCUT2D eigenvalue weighted by atomic mass is 16.2. The lowest BCUT2D eigenvalue weighted by Gasteiger charge is -2.29. The minimum absolute atomic E-state index is 0.0493. The number of nitrogens with one attached hydrogen (secondary N) is 1. The second kappa shape index (κ2) is 6.02. The summed E-state index contributed by atoms with van der Waals surface area (Å²) in [4.78, 5) is 16.9. The Hall–Kier alpha value is -0.610. The van der Waals surface area contributed by atoms with Crippen molar-refractivity contribution in [3.05, 3.63) is 0 Å². The largest absolute Gasteiger partial charge is 0.324 e. The van der Waals surface area contributed by atoms with Gasteiger partial charge in [0.2, 0.25) is 5.91 Å². The Bertz CT molecular complexity index is 295. The van der Waals surface area contributed by atoms with E-state index in [9.17, 15) is 4.79 Å². The van der Waals surface area contributed by atoms with E-state index < -0.39 is 0 Å². The van der Waals surface area contributed by atoms with Crippen LogP contribution in [0, 0.1) is 0 Å². The number of rotatable bonds is 5. The Morgan fingerprint density at radius 3 is 2.72 bits per heavy atom. The molecule has 2 aliphatic heterocycles. The molecule has 104 valence electrons. The first-order valence-corrected chi connectivity index (χ1v) is 7.44. The van der Waals surface area contributed by atoms with Crippen LogP contribution in [0.4, 0.5) is 0 Å². The van der Waals surface area contributed by atoms with Crippen LogP contribution in [-0.2, 0) is 4.79 Å². The van der Waals surface area contributed by atoms with Crippen LogP contribution in [-0.4, -0.2) is 54.1 Å². The van der Waals surface area contributed by atoms with Gasteiger partial charge in [-0.3, -0.25) is 10.1 Å². The van der Waals surface area contributed by atoms with Crippen molar-refractivity contribution in [2.24, 2.45) is 0 Å². The molecule has 2 aliphatic rings. The molecule has 2 heterocycles. The Morgan fingerprint density at radius 1 is 1.39 bits per heavy atom. The third kappa shape index (κ3) is 2.69. The molecule has 1 N–H and O–H groups in total. The van der Waals surface area contributed by atoms with Gasteiger partial charge in [0, 0.05) is 12.6 Å². The molecular formula is C14H27N3O. The summed E-state index contributed by atoms with van der Waals surface area (Å²) in [5.74, 6) is 0.316. The lowest BCUT2D eigenvalue weighted by atomic mass is 10.2. The van der Waals surface area contributed by atoms with E-state index >= 15 is 0 Å². The van der Waals surface area contributed by atoms with Gasteiger partial charge >= 0.3 is 0 Å². The number of carbonyl (C=O) groups is 1. The van der Waals surface area contributed by atoms with Crippen molar-refractivity contribution in [3.63, 3.8) is 0 Å². The molecule has 0 aliphatic carbocycles. The fourth-order valence-corrected chi connectivity index (χ4v) is 3.21. The van der Waals surface area contributed by atoms with E-state index in [4.69, 9.17) is 0 Å². The molecule has 3 atom stereocenters. The molecule has 1 amide bonds. The molecule has 0 saturated carbocycles. The molecule has 2 fully saturated rings. The maximum Gasteiger partial charge on any atom is 0.241 e. The molecule has 0 radical (unpaired) electrons. The highest BCUT2D eigenvalue weighted by Crippen LogP contribution is 2.22. The van der Waals surface area contributed by atoms with Crippen molar-refractivity contribution in [1.29, 1.82) is 0 Å². The molecule has 3 unspecified atom stereocenters. The number of carbonyl (C=O) groups excluding carboxylic acids is 1. The fourth-order valence-electron chi connectivity index (χ4n) is 3.21. The van der Waals surface area contributed by atoms with Crippen molar-refractivity contribution in [2.75, 3.05) is 20.1 Å². The maximum absolute atomic E-state index is 12.4. The predicted molar refractivity (Wildman–Crippen MR) is 73.3 cm³/mol. The smallest absolute Gasteiger partial charge is 0.241 e. The van der Waals surface area contributed by atoms with Crippen LogP contribution in [0.1, 0.15) is 46.0 Å². The van der Waals surface area contributed by atoms with Gasteiger partial charge in [-0.25, -0.2) is 0 Å². The van der Waals surface area contributed by atoms with Gasteiger partial charge in [0.25, 0.3) is 0 Å². The van der Waals surface area contributed by atoms with Gasteiger partial charge in [0.1, 0.15) is 0 Å². The number of amides is 1. The molecule has 18 heavy (non-hydrogen) atoms. The van der Waals surface area contributed by atoms with E-state index in [0.717, 1.165) is 25.8 Å². The SMILES string of the molecule is CCCC1NC(CC)C(=O)N1CC1CCCN1C.